The summed E-state index contributed by atoms with van der Waals surface area (Å²) in [5.74, 6) is -0.405. The molecule has 0 aromatic heterocycles. The third-order valence-electron chi connectivity index (χ3n) is 7.01. The van der Waals surface area contributed by atoms with Crippen molar-refractivity contribution < 1.29 is 24.5 Å². The maximum Gasteiger partial charge on any atom is 0.320 e. The summed E-state index contributed by atoms with van der Waals surface area (Å²) in [5, 5.41) is 21.3. The summed E-state index contributed by atoms with van der Waals surface area (Å²) in [6.07, 6.45) is 25.3. The van der Waals surface area contributed by atoms with Gasteiger partial charge in [-0.1, -0.05) is 122 Å². The molecule has 0 spiro atoms. The molecule has 1 atom stereocenters. The molecule has 0 aliphatic carbocycles. The van der Waals surface area contributed by atoms with Gasteiger partial charge < -0.3 is 20.3 Å². The zero-order chi connectivity index (χ0) is 28.1. The SMILES string of the molecule is CCCCCCCCCCCCCCCCCCCCCC(=O)NCCN(CCO)CC(=O)OCC(C)O. The number of rotatable bonds is 29. The Morgan fingerprint density at radius 2 is 1.18 bits per heavy atom. The van der Waals surface area contributed by atoms with E-state index in [1.165, 1.54) is 109 Å². The monoisotopic (exact) mass is 542 g/mol. The van der Waals surface area contributed by atoms with E-state index in [4.69, 9.17) is 4.74 Å². The van der Waals surface area contributed by atoms with Gasteiger partial charge in [0.2, 0.25) is 5.91 Å². The van der Waals surface area contributed by atoms with Gasteiger partial charge in [0, 0.05) is 26.1 Å². The molecule has 0 saturated carbocycles. The van der Waals surface area contributed by atoms with Crippen molar-refractivity contribution in [1.82, 2.24) is 10.2 Å². The number of amides is 1. The maximum absolute atomic E-state index is 12.1. The number of hydrogen-bond donors (Lipinski definition) is 3. The molecule has 0 aromatic carbocycles. The smallest absolute Gasteiger partial charge is 0.320 e. The summed E-state index contributed by atoms with van der Waals surface area (Å²) in [7, 11) is 0. The summed E-state index contributed by atoms with van der Waals surface area (Å²) < 4.78 is 4.96. The lowest BCUT2D eigenvalue weighted by Gasteiger charge is -2.20. The molecule has 0 aromatic rings. The Kier molecular flexibility index (Phi) is 27.9. The van der Waals surface area contributed by atoms with Crippen molar-refractivity contribution in [3.05, 3.63) is 0 Å². The van der Waals surface area contributed by atoms with Crippen molar-refractivity contribution in [2.24, 2.45) is 0 Å². The predicted octanol–water partition coefficient (Wildman–Crippen LogP) is 6.14. The van der Waals surface area contributed by atoms with Gasteiger partial charge >= 0.3 is 5.97 Å². The van der Waals surface area contributed by atoms with E-state index < -0.39 is 12.1 Å². The van der Waals surface area contributed by atoms with E-state index >= 15 is 0 Å². The van der Waals surface area contributed by atoms with Crippen molar-refractivity contribution in [1.29, 1.82) is 0 Å². The van der Waals surface area contributed by atoms with Crippen molar-refractivity contribution >= 4 is 11.9 Å². The van der Waals surface area contributed by atoms with Gasteiger partial charge in [-0.15, -0.1) is 0 Å². The summed E-state index contributed by atoms with van der Waals surface area (Å²) >= 11 is 0. The average Bonchev–Trinajstić information content (AvgIpc) is 2.89. The number of aliphatic hydroxyl groups excluding tert-OH is 2. The lowest BCUT2D eigenvalue weighted by atomic mass is 10.0. The van der Waals surface area contributed by atoms with Gasteiger partial charge in [-0.05, 0) is 13.3 Å². The zero-order valence-corrected chi connectivity index (χ0v) is 25.0. The van der Waals surface area contributed by atoms with Crippen LogP contribution in [0.1, 0.15) is 142 Å². The molecule has 0 heterocycles. The normalized spacial score (nSPS) is 12.1. The summed E-state index contributed by atoms with van der Waals surface area (Å²) in [6.45, 7) is 4.98. The molecular weight excluding hydrogens is 480 g/mol. The Bertz CT molecular complexity index is 530. The van der Waals surface area contributed by atoms with E-state index in [1.54, 1.807) is 11.8 Å². The number of aliphatic hydroxyl groups is 2. The fourth-order valence-electron chi connectivity index (χ4n) is 4.66. The molecule has 0 fully saturated rings. The highest BCUT2D eigenvalue weighted by atomic mass is 16.5. The maximum atomic E-state index is 12.1. The zero-order valence-electron chi connectivity index (χ0n) is 25.0. The third-order valence-corrected chi connectivity index (χ3v) is 7.01. The van der Waals surface area contributed by atoms with Crippen LogP contribution in [0.15, 0.2) is 0 Å². The molecule has 0 rings (SSSR count). The van der Waals surface area contributed by atoms with Crippen LogP contribution in [0.3, 0.4) is 0 Å². The van der Waals surface area contributed by atoms with Gasteiger partial charge in [0.15, 0.2) is 0 Å². The Balaban J connectivity index is 3.46. The van der Waals surface area contributed by atoms with Crippen LogP contribution >= 0.6 is 0 Å². The van der Waals surface area contributed by atoms with Crippen molar-refractivity contribution in [3.63, 3.8) is 0 Å². The van der Waals surface area contributed by atoms with E-state index in [0.29, 0.717) is 26.1 Å². The summed E-state index contributed by atoms with van der Waals surface area (Å²) in [4.78, 5) is 25.6. The number of esters is 1. The highest BCUT2D eigenvalue weighted by molar-refractivity contribution is 5.75. The molecule has 38 heavy (non-hydrogen) atoms. The van der Waals surface area contributed by atoms with E-state index in [9.17, 15) is 19.8 Å². The first kappa shape index (κ1) is 36.8. The number of carbonyl (C=O) groups excluding carboxylic acids is 2. The van der Waals surface area contributed by atoms with Gasteiger partial charge in [0.1, 0.15) is 6.61 Å². The second-order valence-corrected chi connectivity index (χ2v) is 11.0. The Hall–Kier alpha value is -1.18. The van der Waals surface area contributed by atoms with E-state index in [-0.39, 0.29) is 25.7 Å². The van der Waals surface area contributed by atoms with Crippen LogP contribution in [0.4, 0.5) is 0 Å². The quantitative estimate of drug-likeness (QED) is 0.0775. The van der Waals surface area contributed by atoms with Gasteiger partial charge in [-0.2, -0.15) is 0 Å². The number of hydrogen-bond acceptors (Lipinski definition) is 6. The van der Waals surface area contributed by atoms with Crippen LogP contribution in [0.25, 0.3) is 0 Å². The van der Waals surface area contributed by atoms with Gasteiger partial charge in [0.25, 0.3) is 0 Å². The first-order valence-corrected chi connectivity index (χ1v) is 15.9. The molecule has 0 radical (unpaired) electrons. The first-order valence-electron chi connectivity index (χ1n) is 15.9. The van der Waals surface area contributed by atoms with Gasteiger partial charge in [-0.25, -0.2) is 0 Å². The lowest BCUT2D eigenvalue weighted by molar-refractivity contribution is -0.147. The third kappa shape index (κ3) is 27.8. The minimum atomic E-state index is -0.700. The Morgan fingerprint density at radius 1 is 0.737 bits per heavy atom. The minimum absolute atomic E-state index is 0.0302. The highest BCUT2D eigenvalue weighted by Gasteiger charge is 2.12. The fraction of sp³-hybridized carbons (Fsp3) is 0.935. The average molecular weight is 543 g/mol. The number of nitrogens with zero attached hydrogens (tertiary/aromatic N) is 1. The van der Waals surface area contributed by atoms with Crippen molar-refractivity contribution in [2.75, 3.05) is 39.4 Å². The van der Waals surface area contributed by atoms with Crippen LogP contribution in [0.5, 0.6) is 0 Å². The van der Waals surface area contributed by atoms with Gasteiger partial charge in [0.05, 0.1) is 19.3 Å². The van der Waals surface area contributed by atoms with Gasteiger partial charge in [-0.3, -0.25) is 14.5 Å². The summed E-state index contributed by atoms with van der Waals surface area (Å²) in [6, 6.07) is 0. The van der Waals surface area contributed by atoms with Crippen LogP contribution in [0.2, 0.25) is 0 Å². The van der Waals surface area contributed by atoms with Crippen LogP contribution in [-0.4, -0.2) is 72.5 Å². The second kappa shape index (κ2) is 28.8. The number of nitrogens with one attached hydrogen (secondary N) is 1. The Labute approximate surface area is 234 Å². The van der Waals surface area contributed by atoms with Crippen molar-refractivity contribution in [2.45, 2.75) is 148 Å². The summed E-state index contributed by atoms with van der Waals surface area (Å²) in [5.41, 5.74) is 0. The Morgan fingerprint density at radius 3 is 1.61 bits per heavy atom. The van der Waals surface area contributed by atoms with Crippen LogP contribution in [-0.2, 0) is 14.3 Å². The molecule has 7 nitrogen and oxygen atoms in total. The standard InChI is InChI=1S/C31H62N2O5/c1-3-4-5-6-7-8-9-10-11-12-13-14-15-16-17-18-19-20-21-22-30(36)32-23-24-33(25-26-34)27-31(37)38-28-29(2)35/h29,34-35H,3-28H2,1-2H3,(H,32,36). The molecule has 1 unspecified atom stereocenters. The predicted molar refractivity (Wildman–Crippen MR) is 157 cm³/mol. The molecule has 0 aliphatic heterocycles. The first-order chi connectivity index (χ1) is 18.5. The minimum Gasteiger partial charge on any atom is -0.462 e. The lowest BCUT2D eigenvalue weighted by Crippen LogP contribution is -2.39. The van der Waals surface area contributed by atoms with Crippen LogP contribution in [0, 0.1) is 0 Å². The molecule has 0 bridgehead atoms. The van der Waals surface area contributed by atoms with Crippen LogP contribution < -0.4 is 5.32 Å². The number of carbonyl (C=O) groups is 2. The molecule has 0 aliphatic rings. The molecule has 1 amide bonds. The topological polar surface area (TPSA) is 99.1 Å². The fourth-order valence-corrected chi connectivity index (χ4v) is 4.66. The largest absolute Gasteiger partial charge is 0.462 e. The van der Waals surface area contributed by atoms with Crippen molar-refractivity contribution in [3.8, 4) is 0 Å². The van der Waals surface area contributed by atoms with E-state index in [0.717, 1.165) is 12.8 Å². The van der Waals surface area contributed by atoms with E-state index in [2.05, 4.69) is 12.2 Å². The molecule has 0 saturated heterocycles. The molecule has 7 heteroatoms. The van der Waals surface area contributed by atoms with E-state index in [1.807, 2.05) is 0 Å². The number of ether oxygens (including phenoxy) is 1. The highest BCUT2D eigenvalue weighted by Crippen LogP contribution is 2.14. The molecular formula is C31H62N2O5. The second-order valence-electron chi connectivity index (χ2n) is 11.0. The molecule has 3 N–H and O–H groups in total. The number of unbranched alkanes of at least 4 members (excludes halogenated alkanes) is 18. The molecule has 226 valence electrons.